The average Bonchev–Trinajstić information content (AvgIpc) is 3.16. The second kappa shape index (κ2) is 5.86. The Morgan fingerprint density at radius 1 is 1.50 bits per heavy atom. The van der Waals surface area contributed by atoms with E-state index >= 15 is 0 Å². The molecule has 1 aliphatic carbocycles. The van der Waals surface area contributed by atoms with Crippen molar-refractivity contribution in [1.82, 2.24) is 9.97 Å². The third-order valence-electron chi connectivity index (χ3n) is 3.05. The molecule has 1 aromatic rings. The van der Waals surface area contributed by atoms with E-state index in [-0.39, 0.29) is 6.61 Å². The molecule has 0 bridgehead atoms. The van der Waals surface area contributed by atoms with E-state index in [1.807, 2.05) is 6.92 Å². The van der Waals surface area contributed by atoms with Crippen molar-refractivity contribution in [3.05, 3.63) is 11.4 Å². The van der Waals surface area contributed by atoms with Crippen molar-refractivity contribution in [2.75, 3.05) is 12.0 Å². The summed E-state index contributed by atoms with van der Waals surface area (Å²) in [7, 11) is 0. The number of hydrogen-bond acceptors (Lipinski definition) is 6. The Morgan fingerprint density at radius 3 is 2.78 bits per heavy atom. The highest BCUT2D eigenvalue weighted by atomic mass is 32.2. The first kappa shape index (κ1) is 13.6. The van der Waals surface area contributed by atoms with Crippen molar-refractivity contribution in [3.63, 3.8) is 0 Å². The lowest BCUT2D eigenvalue weighted by Gasteiger charge is -2.14. The third kappa shape index (κ3) is 3.13. The van der Waals surface area contributed by atoms with Crippen LogP contribution in [0.2, 0.25) is 0 Å². The second-order valence-corrected chi connectivity index (χ2v) is 6.15. The summed E-state index contributed by atoms with van der Waals surface area (Å²) >= 11 is 1.68. The molecule has 0 aromatic carbocycles. The molecule has 1 saturated carbocycles. The number of nitrogens with two attached hydrogens (primary N) is 1. The summed E-state index contributed by atoms with van der Waals surface area (Å²) in [6, 6.07) is 0. The van der Waals surface area contributed by atoms with Crippen molar-refractivity contribution >= 4 is 17.6 Å². The highest BCUT2D eigenvalue weighted by molar-refractivity contribution is 7.99. The number of nitrogen functional groups attached to an aromatic ring is 1. The van der Waals surface area contributed by atoms with E-state index < -0.39 is 0 Å². The summed E-state index contributed by atoms with van der Waals surface area (Å²) < 4.78 is 0. The van der Waals surface area contributed by atoms with Crippen molar-refractivity contribution in [2.45, 2.75) is 49.3 Å². The van der Waals surface area contributed by atoms with E-state index in [0.29, 0.717) is 17.0 Å². The summed E-state index contributed by atoms with van der Waals surface area (Å²) in [5.74, 6) is 7.62. The quantitative estimate of drug-likeness (QED) is 0.316. The predicted molar refractivity (Wildman–Crippen MR) is 73.6 cm³/mol. The number of thioether (sulfide) groups is 1. The molecule has 6 heteroatoms. The Kier molecular flexibility index (Phi) is 4.42. The van der Waals surface area contributed by atoms with Crippen LogP contribution in [0, 0.1) is 6.92 Å². The van der Waals surface area contributed by atoms with Gasteiger partial charge in [0.2, 0.25) is 0 Å². The summed E-state index contributed by atoms with van der Waals surface area (Å²) in [5.41, 5.74) is 3.63. The van der Waals surface area contributed by atoms with Crippen molar-refractivity contribution in [2.24, 2.45) is 5.84 Å². The molecule has 0 radical (unpaired) electrons. The minimum absolute atomic E-state index is 0.204. The lowest BCUT2D eigenvalue weighted by Crippen LogP contribution is -2.13. The standard InChI is InChI=1S/C12H20N4OS/c1-7(5-6-17)18-12-8(2)10(16-13)14-11(15-12)9-3-4-9/h7,9,17H,3-6,13H2,1-2H3,(H,14,15,16). The smallest absolute Gasteiger partial charge is 0.147 e. The van der Waals surface area contributed by atoms with Crippen LogP contribution in [0.4, 0.5) is 5.82 Å². The van der Waals surface area contributed by atoms with Crippen molar-refractivity contribution in [3.8, 4) is 0 Å². The van der Waals surface area contributed by atoms with Gasteiger partial charge in [-0.1, -0.05) is 6.92 Å². The first-order chi connectivity index (χ1) is 8.65. The second-order valence-electron chi connectivity index (χ2n) is 4.72. The van der Waals surface area contributed by atoms with Gasteiger partial charge in [-0.15, -0.1) is 11.8 Å². The summed E-state index contributed by atoms with van der Waals surface area (Å²) in [4.78, 5) is 9.10. The number of aliphatic hydroxyl groups is 1. The van der Waals surface area contributed by atoms with Crippen LogP contribution < -0.4 is 11.3 Å². The Balaban J connectivity index is 2.23. The molecule has 18 heavy (non-hydrogen) atoms. The Hall–Kier alpha value is -0.850. The molecule has 1 aliphatic rings. The van der Waals surface area contributed by atoms with E-state index in [0.717, 1.165) is 22.8 Å². The van der Waals surface area contributed by atoms with E-state index in [4.69, 9.17) is 10.9 Å². The molecular weight excluding hydrogens is 248 g/mol. The minimum atomic E-state index is 0.204. The number of nitrogens with zero attached hydrogens (tertiary/aromatic N) is 2. The molecule has 0 aliphatic heterocycles. The predicted octanol–water partition coefficient (Wildman–Crippen LogP) is 1.81. The number of aromatic nitrogens is 2. The molecule has 2 rings (SSSR count). The van der Waals surface area contributed by atoms with Crippen molar-refractivity contribution in [1.29, 1.82) is 0 Å². The zero-order valence-corrected chi connectivity index (χ0v) is 11.6. The Labute approximate surface area is 112 Å². The summed E-state index contributed by atoms with van der Waals surface area (Å²) in [6.07, 6.45) is 3.10. The number of rotatable bonds is 6. The van der Waals surface area contributed by atoms with Gasteiger partial charge in [0.1, 0.15) is 16.7 Å². The van der Waals surface area contributed by atoms with Gasteiger partial charge in [0, 0.05) is 23.3 Å². The van der Waals surface area contributed by atoms with Gasteiger partial charge in [0.25, 0.3) is 0 Å². The fraction of sp³-hybridized carbons (Fsp3) is 0.667. The molecule has 0 amide bonds. The van der Waals surface area contributed by atoms with E-state index in [2.05, 4.69) is 22.3 Å². The molecule has 0 spiro atoms. The fourth-order valence-electron chi connectivity index (χ4n) is 1.72. The minimum Gasteiger partial charge on any atom is -0.396 e. The molecule has 4 N–H and O–H groups in total. The van der Waals surface area contributed by atoms with Gasteiger partial charge in [0.05, 0.1) is 0 Å². The molecule has 5 nitrogen and oxygen atoms in total. The molecule has 0 saturated heterocycles. The zero-order chi connectivity index (χ0) is 13.1. The third-order valence-corrected chi connectivity index (χ3v) is 4.30. The SMILES string of the molecule is Cc1c(NN)nc(C2CC2)nc1SC(C)CCO. The molecule has 1 aromatic heterocycles. The first-order valence-corrected chi connectivity index (χ1v) is 7.16. The normalized spacial score (nSPS) is 16.7. The molecular formula is C12H20N4OS. The fourth-order valence-corrected chi connectivity index (χ4v) is 2.75. The van der Waals surface area contributed by atoms with Crippen LogP contribution in [-0.2, 0) is 0 Å². The average molecular weight is 268 g/mol. The van der Waals surface area contributed by atoms with Gasteiger partial charge in [-0.2, -0.15) is 0 Å². The number of aliphatic hydroxyl groups excluding tert-OH is 1. The topological polar surface area (TPSA) is 84.1 Å². The highest BCUT2D eigenvalue weighted by Gasteiger charge is 2.28. The van der Waals surface area contributed by atoms with Crippen LogP contribution in [0.15, 0.2) is 5.03 Å². The van der Waals surface area contributed by atoms with Crippen LogP contribution in [0.5, 0.6) is 0 Å². The maximum absolute atomic E-state index is 8.96. The van der Waals surface area contributed by atoms with Gasteiger partial charge >= 0.3 is 0 Å². The largest absolute Gasteiger partial charge is 0.396 e. The van der Waals surface area contributed by atoms with Gasteiger partial charge in [-0.25, -0.2) is 15.8 Å². The number of nitrogens with one attached hydrogen (secondary N) is 1. The van der Waals surface area contributed by atoms with E-state index in [1.165, 1.54) is 12.8 Å². The monoisotopic (exact) mass is 268 g/mol. The maximum atomic E-state index is 8.96. The number of anilines is 1. The highest BCUT2D eigenvalue weighted by Crippen LogP contribution is 2.40. The zero-order valence-electron chi connectivity index (χ0n) is 10.8. The van der Waals surface area contributed by atoms with E-state index in [1.54, 1.807) is 11.8 Å². The maximum Gasteiger partial charge on any atom is 0.147 e. The van der Waals surface area contributed by atoms with Gasteiger partial charge in [-0.3, -0.25) is 0 Å². The molecule has 1 atom stereocenters. The molecule has 1 unspecified atom stereocenters. The number of hydrazine groups is 1. The van der Waals surface area contributed by atoms with E-state index in [9.17, 15) is 0 Å². The van der Waals surface area contributed by atoms with Gasteiger partial charge < -0.3 is 10.5 Å². The summed E-state index contributed by atoms with van der Waals surface area (Å²) in [5, 5.41) is 10.3. The van der Waals surface area contributed by atoms with Crippen LogP contribution >= 0.6 is 11.8 Å². The Bertz CT molecular complexity index is 423. The van der Waals surface area contributed by atoms with Gasteiger partial charge in [0.15, 0.2) is 0 Å². The molecule has 1 fully saturated rings. The van der Waals surface area contributed by atoms with Crippen molar-refractivity contribution < 1.29 is 5.11 Å². The summed E-state index contributed by atoms with van der Waals surface area (Å²) in [6.45, 7) is 4.27. The van der Waals surface area contributed by atoms with Crippen LogP contribution in [0.3, 0.4) is 0 Å². The molecule has 1 heterocycles. The molecule has 100 valence electrons. The van der Waals surface area contributed by atoms with Crippen LogP contribution in [-0.4, -0.2) is 26.9 Å². The van der Waals surface area contributed by atoms with Gasteiger partial charge in [-0.05, 0) is 26.2 Å². The van der Waals surface area contributed by atoms with Crippen LogP contribution in [0.25, 0.3) is 0 Å². The number of hydrogen-bond donors (Lipinski definition) is 3. The first-order valence-electron chi connectivity index (χ1n) is 6.28. The lowest BCUT2D eigenvalue weighted by atomic mass is 10.3. The lowest BCUT2D eigenvalue weighted by molar-refractivity contribution is 0.289. The Morgan fingerprint density at radius 2 is 2.22 bits per heavy atom. The van der Waals surface area contributed by atoms with Crippen LogP contribution in [0.1, 0.15) is 43.5 Å².